The molecule has 0 spiro atoms. The van der Waals surface area contributed by atoms with E-state index in [1.807, 2.05) is 6.08 Å². The van der Waals surface area contributed by atoms with Gasteiger partial charge in [0.05, 0.1) is 5.92 Å². The van der Waals surface area contributed by atoms with Crippen LogP contribution >= 0.6 is 15.9 Å². The zero-order valence-electron chi connectivity index (χ0n) is 6.13. The Balaban J connectivity index is 2.36. The molecule has 1 atom stereocenters. The molecule has 0 aromatic heterocycles. The number of carbonyl (C=O) groups excluding carboxylic acids is 2. The topological polar surface area (TPSA) is 46.2 Å². The fourth-order valence-electron chi connectivity index (χ4n) is 1.38. The number of nitrogens with one attached hydrogen (secondary N) is 1. The molecule has 0 saturated carbocycles. The van der Waals surface area contributed by atoms with Crippen LogP contribution < -0.4 is 5.32 Å². The van der Waals surface area contributed by atoms with Crippen LogP contribution in [-0.2, 0) is 9.59 Å². The zero-order chi connectivity index (χ0) is 8.72. The Morgan fingerprint density at radius 2 is 2.17 bits per heavy atom. The van der Waals surface area contributed by atoms with E-state index in [1.165, 1.54) is 0 Å². The molecule has 1 saturated heterocycles. The highest BCUT2D eigenvalue weighted by Crippen LogP contribution is 2.30. The predicted molar refractivity (Wildman–Crippen MR) is 46.3 cm³/mol. The number of hydrogen-bond donors (Lipinski definition) is 1. The first-order valence-electron chi connectivity index (χ1n) is 3.60. The second kappa shape index (κ2) is 2.55. The van der Waals surface area contributed by atoms with Crippen molar-refractivity contribution in [3.05, 3.63) is 22.3 Å². The molecule has 0 aromatic carbocycles. The second-order valence-corrected chi connectivity index (χ2v) is 3.83. The van der Waals surface area contributed by atoms with Crippen LogP contribution in [0.15, 0.2) is 22.3 Å². The van der Waals surface area contributed by atoms with Gasteiger partial charge >= 0.3 is 0 Å². The Bertz CT molecular complexity index is 330. The normalized spacial score (nSPS) is 27.6. The van der Waals surface area contributed by atoms with Gasteiger partial charge in [-0.05, 0) is 17.0 Å². The van der Waals surface area contributed by atoms with E-state index < -0.39 is 5.91 Å². The third-order valence-corrected chi connectivity index (χ3v) is 2.60. The monoisotopic (exact) mass is 227 g/mol. The first-order valence-corrected chi connectivity index (χ1v) is 4.39. The van der Waals surface area contributed by atoms with Crippen molar-refractivity contribution >= 4 is 27.6 Å². The van der Waals surface area contributed by atoms with Crippen molar-refractivity contribution in [2.45, 2.75) is 6.42 Å². The van der Waals surface area contributed by atoms with E-state index in [9.17, 15) is 9.59 Å². The van der Waals surface area contributed by atoms with Crippen molar-refractivity contribution in [3.8, 4) is 0 Å². The lowest BCUT2D eigenvalue weighted by Gasteiger charge is -2.11. The molecule has 1 N–H and O–H groups in total. The van der Waals surface area contributed by atoms with E-state index in [0.717, 1.165) is 10.2 Å². The van der Waals surface area contributed by atoms with Crippen molar-refractivity contribution in [1.82, 2.24) is 5.32 Å². The Kier molecular flexibility index (Phi) is 1.65. The van der Waals surface area contributed by atoms with E-state index >= 15 is 0 Å². The minimum atomic E-state index is -0.484. The van der Waals surface area contributed by atoms with Crippen LogP contribution in [-0.4, -0.2) is 11.7 Å². The predicted octanol–water partition coefficient (Wildman–Crippen LogP) is 0.868. The second-order valence-electron chi connectivity index (χ2n) is 2.81. The standard InChI is InChI=1S/C8H6BrNO2/c9-4-1-2-6-5(3-4)7(11)8(12)10-6/h1-2,5H,3H2,(H,10,12). The molecule has 0 aromatic rings. The summed E-state index contributed by atoms with van der Waals surface area (Å²) in [5, 5.41) is 2.53. The van der Waals surface area contributed by atoms with Gasteiger partial charge in [-0.3, -0.25) is 9.59 Å². The van der Waals surface area contributed by atoms with Gasteiger partial charge in [-0.15, -0.1) is 0 Å². The molecule has 1 unspecified atom stereocenters. The minimum absolute atomic E-state index is 0.267. The minimum Gasteiger partial charge on any atom is -0.322 e. The molecule has 1 fully saturated rings. The average Bonchev–Trinajstić information content (AvgIpc) is 2.31. The van der Waals surface area contributed by atoms with Crippen LogP contribution in [0.25, 0.3) is 0 Å². The first-order chi connectivity index (χ1) is 5.68. The summed E-state index contributed by atoms with van der Waals surface area (Å²) >= 11 is 3.30. The lowest BCUT2D eigenvalue weighted by atomic mass is 9.96. The first kappa shape index (κ1) is 7.73. The van der Waals surface area contributed by atoms with Gasteiger partial charge in [0.15, 0.2) is 0 Å². The molecule has 1 aliphatic heterocycles. The van der Waals surface area contributed by atoms with E-state index in [1.54, 1.807) is 6.08 Å². The van der Waals surface area contributed by atoms with E-state index in [-0.39, 0.29) is 11.7 Å². The molecule has 62 valence electrons. The Morgan fingerprint density at radius 3 is 2.92 bits per heavy atom. The van der Waals surface area contributed by atoms with E-state index in [4.69, 9.17) is 0 Å². The highest BCUT2D eigenvalue weighted by molar-refractivity contribution is 9.11. The number of rotatable bonds is 0. The van der Waals surface area contributed by atoms with Gasteiger partial charge in [-0.1, -0.05) is 22.0 Å². The molecule has 0 bridgehead atoms. The van der Waals surface area contributed by atoms with Gasteiger partial charge in [0, 0.05) is 5.70 Å². The summed E-state index contributed by atoms with van der Waals surface area (Å²) in [6.45, 7) is 0. The van der Waals surface area contributed by atoms with Crippen molar-refractivity contribution in [3.63, 3.8) is 0 Å². The molecule has 1 heterocycles. The lowest BCUT2D eigenvalue weighted by molar-refractivity contribution is -0.136. The summed E-state index contributed by atoms with van der Waals surface area (Å²) in [5.74, 6) is -1.08. The van der Waals surface area contributed by atoms with Crippen LogP contribution in [0.5, 0.6) is 0 Å². The maximum absolute atomic E-state index is 11.2. The van der Waals surface area contributed by atoms with Gasteiger partial charge in [0.25, 0.3) is 5.91 Å². The number of allylic oxidation sites excluding steroid dienone is 4. The number of hydrogen-bond acceptors (Lipinski definition) is 2. The fraction of sp³-hybridized carbons (Fsp3) is 0.250. The van der Waals surface area contributed by atoms with E-state index in [2.05, 4.69) is 21.2 Å². The smallest absolute Gasteiger partial charge is 0.292 e. The zero-order valence-corrected chi connectivity index (χ0v) is 7.72. The fourth-order valence-corrected chi connectivity index (χ4v) is 1.84. The number of fused-ring (bicyclic) bond motifs is 1. The van der Waals surface area contributed by atoms with Gasteiger partial charge in [0.1, 0.15) is 0 Å². The number of ketones is 1. The molecule has 2 rings (SSSR count). The van der Waals surface area contributed by atoms with Crippen LogP contribution in [0.2, 0.25) is 0 Å². The molecular formula is C8H6BrNO2. The third kappa shape index (κ3) is 1.03. The number of halogens is 1. The van der Waals surface area contributed by atoms with Gasteiger partial charge in [-0.2, -0.15) is 0 Å². The molecule has 1 aliphatic carbocycles. The maximum atomic E-state index is 11.2. The Hall–Kier alpha value is -0.900. The summed E-state index contributed by atoms with van der Waals surface area (Å²) in [7, 11) is 0. The molecular weight excluding hydrogens is 222 g/mol. The highest BCUT2D eigenvalue weighted by atomic mass is 79.9. The Morgan fingerprint density at radius 1 is 1.42 bits per heavy atom. The lowest BCUT2D eigenvalue weighted by Crippen LogP contribution is -2.18. The summed E-state index contributed by atoms with van der Waals surface area (Å²) in [6.07, 6.45) is 4.22. The average molecular weight is 228 g/mol. The SMILES string of the molecule is O=C1NC2=CC=C(Br)CC2C1=O. The van der Waals surface area contributed by atoms with Crippen LogP contribution in [0.3, 0.4) is 0 Å². The van der Waals surface area contributed by atoms with Gasteiger partial charge in [-0.25, -0.2) is 0 Å². The third-order valence-electron chi connectivity index (χ3n) is 2.02. The Labute approximate surface area is 77.6 Å². The number of carbonyl (C=O) groups is 2. The van der Waals surface area contributed by atoms with Crippen molar-refractivity contribution in [1.29, 1.82) is 0 Å². The van der Waals surface area contributed by atoms with E-state index in [0.29, 0.717) is 6.42 Å². The van der Waals surface area contributed by atoms with Gasteiger partial charge < -0.3 is 5.32 Å². The van der Waals surface area contributed by atoms with Crippen LogP contribution in [0, 0.1) is 5.92 Å². The molecule has 0 radical (unpaired) electrons. The molecule has 2 aliphatic rings. The maximum Gasteiger partial charge on any atom is 0.292 e. The van der Waals surface area contributed by atoms with Crippen molar-refractivity contribution in [2.75, 3.05) is 0 Å². The van der Waals surface area contributed by atoms with Gasteiger partial charge in [0.2, 0.25) is 5.78 Å². The summed E-state index contributed by atoms with van der Waals surface area (Å²) in [5.41, 5.74) is 0.730. The number of Topliss-reactive ketones (excluding diaryl/α,β-unsaturated/α-hetero) is 1. The summed E-state index contributed by atoms with van der Waals surface area (Å²) in [6, 6.07) is 0. The van der Waals surface area contributed by atoms with Crippen LogP contribution in [0.4, 0.5) is 0 Å². The molecule has 4 heteroatoms. The highest BCUT2D eigenvalue weighted by Gasteiger charge is 2.37. The quantitative estimate of drug-likeness (QED) is 0.625. The summed E-state index contributed by atoms with van der Waals surface area (Å²) < 4.78 is 0.959. The molecule has 12 heavy (non-hydrogen) atoms. The summed E-state index contributed by atoms with van der Waals surface area (Å²) in [4.78, 5) is 22.1. The largest absolute Gasteiger partial charge is 0.322 e. The van der Waals surface area contributed by atoms with Crippen LogP contribution in [0.1, 0.15) is 6.42 Å². The van der Waals surface area contributed by atoms with Crippen molar-refractivity contribution in [2.24, 2.45) is 5.92 Å². The van der Waals surface area contributed by atoms with Crippen molar-refractivity contribution < 1.29 is 9.59 Å². The number of amides is 1. The molecule has 1 amide bonds. The molecule has 3 nitrogen and oxygen atoms in total.